The summed E-state index contributed by atoms with van der Waals surface area (Å²) in [4.78, 5) is 0. The second-order valence-corrected chi connectivity index (χ2v) is 2.93. The lowest BCUT2D eigenvalue weighted by Crippen LogP contribution is -1.95. The van der Waals surface area contributed by atoms with Crippen LogP contribution in [-0.2, 0) is 0 Å². The van der Waals surface area contributed by atoms with Crippen molar-refractivity contribution < 1.29 is 0 Å². The number of nitriles is 1. The van der Waals surface area contributed by atoms with Gasteiger partial charge in [-0.25, -0.2) is 0 Å². The molecule has 56 valence electrons. The molecule has 0 aliphatic rings. The van der Waals surface area contributed by atoms with E-state index in [4.69, 9.17) is 16.7 Å². The van der Waals surface area contributed by atoms with Gasteiger partial charge in [0.05, 0.1) is 16.9 Å². The predicted molar refractivity (Wildman–Crippen MR) is 47.7 cm³/mol. The summed E-state index contributed by atoms with van der Waals surface area (Å²) in [5, 5.41) is 8.56. The first-order valence-corrected chi connectivity index (χ1v) is 3.69. The van der Waals surface area contributed by atoms with Crippen molar-refractivity contribution in [2.45, 2.75) is 0 Å². The molecule has 0 aliphatic carbocycles. The molecular weight excluding hydrogens is 206 g/mol. The van der Waals surface area contributed by atoms with E-state index in [1.165, 1.54) is 0 Å². The van der Waals surface area contributed by atoms with Gasteiger partial charge in [0.25, 0.3) is 0 Å². The monoisotopic (exact) mass is 211 g/mol. The van der Waals surface area contributed by atoms with E-state index in [1.54, 1.807) is 12.1 Å². The summed E-state index contributed by atoms with van der Waals surface area (Å²) < 4.78 is 0.673. The average Bonchev–Trinajstić information content (AvgIpc) is 1.97. The number of nitrogen functional groups attached to an aromatic ring is 2. The quantitative estimate of drug-likeness (QED) is 0.639. The third-order valence-corrected chi connectivity index (χ3v) is 1.95. The van der Waals surface area contributed by atoms with E-state index in [-0.39, 0.29) is 0 Å². The molecule has 1 rings (SSSR count). The van der Waals surface area contributed by atoms with Gasteiger partial charge >= 0.3 is 0 Å². The maximum absolute atomic E-state index is 8.56. The molecule has 0 saturated carbocycles. The molecule has 0 fully saturated rings. The van der Waals surface area contributed by atoms with Crippen LogP contribution in [0.3, 0.4) is 0 Å². The van der Waals surface area contributed by atoms with Gasteiger partial charge in [0, 0.05) is 4.47 Å². The van der Waals surface area contributed by atoms with E-state index in [1.807, 2.05) is 6.07 Å². The molecule has 0 heterocycles. The number of benzene rings is 1. The molecule has 1 aromatic rings. The molecule has 0 amide bonds. The number of hydrogen-bond acceptors (Lipinski definition) is 3. The number of halogens is 1. The van der Waals surface area contributed by atoms with E-state index < -0.39 is 0 Å². The predicted octanol–water partition coefficient (Wildman–Crippen LogP) is 1.49. The van der Waals surface area contributed by atoms with Crippen molar-refractivity contribution in [1.82, 2.24) is 0 Å². The minimum Gasteiger partial charge on any atom is -0.397 e. The van der Waals surface area contributed by atoms with Crippen LogP contribution in [0.25, 0.3) is 0 Å². The highest BCUT2D eigenvalue weighted by molar-refractivity contribution is 9.10. The molecule has 0 saturated heterocycles. The third-order valence-electron chi connectivity index (χ3n) is 1.29. The number of hydrogen-bond donors (Lipinski definition) is 2. The van der Waals surface area contributed by atoms with Crippen molar-refractivity contribution in [2.24, 2.45) is 0 Å². The van der Waals surface area contributed by atoms with Gasteiger partial charge in [-0.1, -0.05) is 0 Å². The number of nitrogens with zero attached hydrogens (tertiary/aromatic N) is 1. The Morgan fingerprint density at radius 3 is 2.36 bits per heavy atom. The highest BCUT2D eigenvalue weighted by atomic mass is 79.9. The van der Waals surface area contributed by atoms with Crippen LogP contribution in [0.15, 0.2) is 16.6 Å². The molecule has 0 aliphatic heterocycles. The van der Waals surface area contributed by atoms with Gasteiger partial charge in [0.15, 0.2) is 0 Å². The maximum Gasteiger partial charge on any atom is 0.100 e. The zero-order chi connectivity index (χ0) is 8.43. The van der Waals surface area contributed by atoms with Crippen LogP contribution in [-0.4, -0.2) is 0 Å². The van der Waals surface area contributed by atoms with E-state index in [2.05, 4.69) is 15.9 Å². The van der Waals surface area contributed by atoms with Crippen molar-refractivity contribution in [3.05, 3.63) is 22.2 Å². The van der Waals surface area contributed by atoms with Crippen LogP contribution in [0.2, 0.25) is 0 Å². The SMILES string of the molecule is N#Cc1cc(N)c(N)cc1Br. The fourth-order valence-electron chi connectivity index (χ4n) is 0.691. The zero-order valence-corrected chi connectivity index (χ0v) is 7.22. The summed E-state index contributed by atoms with van der Waals surface area (Å²) in [6.45, 7) is 0. The first-order valence-electron chi connectivity index (χ1n) is 2.89. The molecular formula is C7H6BrN3. The lowest BCUT2D eigenvalue weighted by atomic mass is 10.2. The second kappa shape index (κ2) is 2.81. The second-order valence-electron chi connectivity index (χ2n) is 2.07. The van der Waals surface area contributed by atoms with Gasteiger partial charge in [0.1, 0.15) is 6.07 Å². The highest BCUT2D eigenvalue weighted by Gasteiger charge is 2.01. The Balaban J connectivity index is 3.35. The standard InChI is InChI=1S/C7H6BrN3/c8-5-2-7(11)6(10)1-4(5)3-9/h1-2H,10-11H2. The lowest BCUT2D eigenvalue weighted by molar-refractivity contribution is 1.47. The topological polar surface area (TPSA) is 75.8 Å². The normalized spacial score (nSPS) is 9.09. The minimum absolute atomic E-state index is 0.435. The van der Waals surface area contributed by atoms with Crippen LogP contribution in [0, 0.1) is 11.3 Å². The van der Waals surface area contributed by atoms with Gasteiger partial charge in [-0.15, -0.1) is 0 Å². The molecule has 1 aromatic carbocycles. The lowest BCUT2D eigenvalue weighted by Gasteiger charge is -2.00. The maximum atomic E-state index is 8.56. The van der Waals surface area contributed by atoms with E-state index >= 15 is 0 Å². The largest absolute Gasteiger partial charge is 0.397 e. The Bertz CT molecular complexity index is 327. The minimum atomic E-state index is 0.435. The molecule has 0 bridgehead atoms. The van der Waals surface area contributed by atoms with Gasteiger partial charge in [-0.05, 0) is 28.1 Å². The molecule has 0 aromatic heterocycles. The summed E-state index contributed by atoms with van der Waals surface area (Å²) >= 11 is 3.18. The van der Waals surface area contributed by atoms with Crippen molar-refractivity contribution in [3.63, 3.8) is 0 Å². The summed E-state index contributed by atoms with van der Waals surface area (Å²) in [6, 6.07) is 5.14. The van der Waals surface area contributed by atoms with E-state index in [9.17, 15) is 0 Å². The Morgan fingerprint density at radius 1 is 1.27 bits per heavy atom. The van der Waals surface area contributed by atoms with E-state index in [0.717, 1.165) is 0 Å². The first-order chi connectivity index (χ1) is 5.15. The molecule has 0 unspecified atom stereocenters. The van der Waals surface area contributed by atoms with Crippen LogP contribution >= 0.6 is 15.9 Å². The number of nitrogens with two attached hydrogens (primary N) is 2. The Morgan fingerprint density at radius 2 is 1.82 bits per heavy atom. The van der Waals surface area contributed by atoms with Gasteiger partial charge in [-0.3, -0.25) is 0 Å². The smallest absolute Gasteiger partial charge is 0.100 e. The Kier molecular flexibility index (Phi) is 2.01. The van der Waals surface area contributed by atoms with Gasteiger partial charge in [0.2, 0.25) is 0 Å². The Hall–Kier alpha value is -1.21. The fraction of sp³-hybridized carbons (Fsp3) is 0. The third kappa shape index (κ3) is 1.44. The van der Waals surface area contributed by atoms with Crippen LogP contribution in [0.1, 0.15) is 5.56 Å². The van der Waals surface area contributed by atoms with Crippen molar-refractivity contribution in [2.75, 3.05) is 11.5 Å². The molecule has 0 atom stereocenters. The van der Waals surface area contributed by atoms with Crippen LogP contribution in [0.4, 0.5) is 11.4 Å². The molecule has 0 radical (unpaired) electrons. The Labute approximate surface area is 72.7 Å². The zero-order valence-electron chi connectivity index (χ0n) is 5.63. The summed E-state index contributed by atoms with van der Waals surface area (Å²) in [5.41, 5.74) is 12.4. The molecule has 0 spiro atoms. The average molecular weight is 212 g/mol. The van der Waals surface area contributed by atoms with Crippen molar-refractivity contribution >= 4 is 27.3 Å². The van der Waals surface area contributed by atoms with Crippen LogP contribution in [0.5, 0.6) is 0 Å². The van der Waals surface area contributed by atoms with Crippen molar-refractivity contribution in [1.29, 1.82) is 5.26 Å². The van der Waals surface area contributed by atoms with Gasteiger partial charge in [-0.2, -0.15) is 5.26 Å². The summed E-state index contributed by atoms with van der Waals surface area (Å²) in [7, 11) is 0. The summed E-state index contributed by atoms with van der Waals surface area (Å²) in [5.74, 6) is 0. The fourth-order valence-corrected chi connectivity index (χ4v) is 1.14. The van der Waals surface area contributed by atoms with Crippen molar-refractivity contribution in [3.8, 4) is 6.07 Å². The molecule has 4 heteroatoms. The van der Waals surface area contributed by atoms with Gasteiger partial charge < -0.3 is 11.5 Å². The molecule has 4 N–H and O–H groups in total. The number of rotatable bonds is 0. The summed E-state index contributed by atoms with van der Waals surface area (Å²) in [6.07, 6.45) is 0. The highest BCUT2D eigenvalue weighted by Crippen LogP contribution is 2.24. The molecule has 11 heavy (non-hydrogen) atoms. The molecule has 3 nitrogen and oxygen atoms in total. The van der Waals surface area contributed by atoms with E-state index in [0.29, 0.717) is 21.4 Å². The first kappa shape index (κ1) is 7.89. The number of anilines is 2. The van der Waals surface area contributed by atoms with Crippen LogP contribution < -0.4 is 11.5 Å².